The van der Waals surface area contributed by atoms with Crippen LogP contribution in [0.4, 0.5) is 14.5 Å². The van der Waals surface area contributed by atoms with E-state index in [2.05, 4.69) is 10.3 Å². The molecule has 3 aromatic carbocycles. The molecular formula is C22H16F2N2. The monoisotopic (exact) mass is 346 g/mol. The van der Waals surface area contributed by atoms with E-state index in [4.69, 9.17) is 0 Å². The third-order valence-corrected chi connectivity index (χ3v) is 4.34. The van der Waals surface area contributed by atoms with Crippen molar-refractivity contribution in [3.63, 3.8) is 0 Å². The Morgan fingerprint density at radius 2 is 1.38 bits per heavy atom. The van der Waals surface area contributed by atoms with E-state index < -0.39 is 0 Å². The van der Waals surface area contributed by atoms with Gasteiger partial charge in [-0.15, -0.1) is 0 Å². The molecule has 0 bridgehead atoms. The van der Waals surface area contributed by atoms with Gasteiger partial charge in [0.25, 0.3) is 0 Å². The van der Waals surface area contributed by atoms with Crippen molar-refractivity contribution in [2.45, 2.75) is 6.04 Å². The van der Waals surface area contributed by atoms with Crippen molar-refractivity contribution in [1.29, 1.82) is 0 Å². The summed E-state index contributed by atoms with van der Waals surface area (Å²) >= 11 is 0. The van der Waals surface area contributed by atoms with Gasteiger partial charge in [-0.05, 0) is 53.4 Å². The number of fused-ring (bicyclic) bond motifs is 1. The van der Waals surface area contributed by atoms with E-state index >= 15 is 0 Å². The first-order chi connectivity index (χ1) is 12.7. The molecule has 1 atom stereocenters. The van der Waals surface area contributed by atoms with E-state index in [0.29, 0.717) is 0 Å². The summed E-state index contributed by atoms with van der Waals surface area (Å²) in [5, 5.41) is 5.49. The molecule has 0 aliphatic heterocycles. The zero-order valence-corrected chi connectivity index (χ0v) is 13.9. The fraction of sp³-hybridized carbons (Fsp3) is 0.0455. The molecule has 0 fully saturated rings. The van der Waals surface area contributed by atoms with Crippen LogP contribution in [0.1, 0.15) is 17.3 Å². The zero-order chi connectivity index (χ0) is 17.9. The van der Waals surface area contributed by atoms with Crippen molar-refractivity contribution in [1.82, 2.24) is 4.98 Å². The summed E-state index contributed by atoms with van der Waals surface area (Å²) in [6.07, 6.45) is 1.76. The number of benzene rings is 3. The molecule has 0 saturated carbocycles. The van der Waals surface area contributed by atoms with Crippen LogP contribution in [0.2, 0.25) is 0 Å². The molecule has 2 nitrogen and oxygen atoms in total. The molecule has 0 spiro atoms. The molecule has 4 heteroatoms. The van der Waals surface area contributed by atoms with Gasteiger partial charge in [0.2, 0.25) is 0 Å². The normalized spacial score (nSPS) is 12.1. The molecule has 26 heavy (non-hydrogen) atoms. The molecule has 1 unspecified atom stereocenters. The van der Waals surface area contributed by atoms with Gasteiger partial charge in [-0.25, -0.2) is 8.78 Å². The molecule has 1 aromatic heterocycles. The minimum Gasteiger partial charge on any atom is -0.373 e. The Labute approximate surface area is 150 Å². The molecule has 4 rings (SSSR count). The van der Waals surface area contributed by atoms with Gasteiger partial charge in [0.15, 0.2) is 0 Å². The van der Waals surface area contributed by atoms with Crippen LogP contribution in [-0.4, -0.2) is 4.98 Å². The Balaban J connectivity index is 1.84. The van der Waals surface area contributed by atoms with E-state index in [0.717, 1.165) is 27.7 Å². The highest BCUT2D eigenvalue weighted by Gasteiger charge is 2.18. The molecule has 0 aliphatic carbocycles. The lowest BCUT2D eigenvalue weighted by molar-refractivity contribution is 0.626. The summed E-state index contributed by atoms with van der Waals surface area (Å²) < 4.78 is 26.6. The van der Waals surface area contributed by atoms with Crippen molar-refractivity contribution in [2.75, 3.05) is 5.32 Å². The Morgan fingerprint density at radius 1 is 0.731 bits per heavy atom. The van der Waals surface area contributed by atoms with Crippen molar-refractivity contribution in [3.05, 3.63) is 108 Å². The van der Waals surface area contributed by atoms with E-state index in [-0.39, 0.29) is 17.7 Å². The molecule has 1 heterocycles. The van der Waals surface area contributed by atoms with E-state index in [1.165, 1.54) is 24.3 Å². The Bertz CT molecular complexity index is 1020. The maximum absolute atomic E-state index is 13.4. The third-order valence-electron chi connectivity index (χ3n) is 4.34. The maximum Gasteiger partial charge on any atom is 0.123 e. The van der Waals surface area contributed by atoms with Crippen LogP contribution in [0.25, 0.3) is 10.8 Å². The number of pyridine rings is 1. The molecule has 0 amide bonds. The second-order valence-corrected chi connectivity index (χ2v) is 6.05. The Kier molecular flexibility index (Phi) is 4.32. The van der Waals surface area contributed by atoms with E-state index in [1.807, 2.05) is 30.3 Å². The van der Waals surface area contributed by atoms with E-state index in [1.54, 1.807) is 30.5 Å². The SMILES string of the molecule is Fc1ccc(NC(c2ccc(F)cc2)c2nccc3ccccc23)cc1. The van der Waals surface area contributed by atoms with Crippen molar-refractivity contribution < 1.29 is 8.78 Å². The second-order valence-electron chi connectivity index (χ2n) is 6.05. The quantitative estimate of drug-likeness (QED) is 0.511. The summed E-state index contributed by atoms with van der Waals surface area (Å²) in [6, 6.07) is 22.1. The van der Waals surface area contributed by atoms with Crippen LogP contribution in [0.15, 0.2) is 85.1 Å². The van der Waals surface area contributed by atoms with Gasteiger partial charge in [0.1, 0.15) is 11.6 Å². The topological polar surface area (TPSA) is 24.9 Å². The van der Waals surface area contributed by atoms with Gasteiger partial charge in [0.05, 0.1) is 11.7 Å². The molecule has 0 aliphatic rings. The first-order valence-corrected chi connectivity index (χ1v) is 8.32. The predicted octanol–water partition coefficient (Wildman–Crippen LogP) is 5.71. The lowest BCUT2D eigenvalue weighted by atomic mass is 9.98. The van der Waals surface area contributed by atoms with Gasteiger partial charge in [-0.3, -0.25) is 4.98 Å². The summed E-state index contributed by atoms with van der Waals surface area (Å²) in [5.74, 6) is -0.586. The van der Waals surface area contributed by atoms with Crippen molar-refractivity contribution in [3.8, 4) is 0 Å². The number of nitrogens with zero attached hydrogens (tertiary/aromatic N) is 1. The van der Waals surface area contributed by atoms with Gasteiger partial charge in [0, 0.05) is 17.3 Å². The molecule has 128 valence electrons. The number of nitrogens with one attached hydrogen (secondary N) is 1. The number of halogens is 2. The van der Waals surface area contributed by atoms with Crippen molar-refractivity contribution in [2.24, 2.45) is 0 Å². The fourth-order valence-corrected chi connectivity index (χ4v) is 3.05. The van der Waals surface area contributed by atoms with Crippen LogP contribution < -0.4 is 5.32 Å². The number of aromatic nitrogens is 1. The summed E-state index contributed by atoms with van der Waals surface area (Å²) in [5.41, 5.74) is 2.47. The maximum atomic E-state index is 13.4. The summed E-state index contributed by atoms with van der Waals surface area (Å²) in [6.45, 7) is 0. The number of hydrogen-bond acceptors (Lipinski definition) is 2. The number of anilines is 1. The first kappa shape index (κ1) is 16.2. The number of rotatable bonds is 4. The zero-order valence-electron chi connectivity index (χ0n) is 13.9. The van der Waals surface area contributed by atoms with E-state index in [9.17, 15) is 8.78 Å². The molecule has 4 aromatic rings. The van der Waals surface area contributed by atoms with Crippen molar-refractivity contribution >= 4 is 16.5 Å². The van der Waals surface area contributed by atoms with Crippen LogP contribution >= 0.6 is 0 Å². The number of hydrogen-bond donors (Lipinski definition) is 1. The summed E-state index contributed by atoms with van der Waals surface area (Å²) in [4.78, 5) is 4.59. The smallest absolute Gasteiger partial charge is 0.123 e. The third kappa shape index (κ3) is 3.26. The highest BCUT2D eigenvalue weighted by atomic mass is 19.1. The van der Waals surface area contributed by atoms with Crippen LogP contribution in [0.3, 0.4) is 0 Å². The minimum atomic E-state index is -0.299. The van der Waals surface area contributed by atoms with Gasteiger partial charge < -0.3 is 5.32 Å². The molecular weight excluding hydrogens is 330 g/mol. The fourth-order valence-electron chi connectivity index (χ4n) is 3.05. The van der Waals surface area contributed by atoms with Crippen LogP contribution in [-0.2, 0) is 0 Å². The highest BCUT2D eigenvalue weighted by Crippen LogP contribution is 2.30. The highest BCUT2D eigenvalue weighted by molar-refractivity contribution is 5.85. The average Bonchev–Trinajstić information content (AvgIpc) is 2.68. The standard InChI is InChI=1S/C22H16F2N2/c23-17-7-5-16(6-8-17)21(26-19-11-9-18(24)10-12-19)22-20-4-2-1-3-15(20)13-14-25-22/h1-14,21,26H. The predicted molar refractivity (Wildman–Crippen MR) is 100 cm³/mol. The molecule has 0 radical (unpaired) electrons. The first-order valence-electron chi connectivity index (χ1n) is 8.32. The van der Waals surface area contributed by atoms with Crippen LogP contribution in [0.5, 0.6) is 0 Å². The van der Waals surface area contributed by atoms with Gasteiger partial charge in [-0.1, -0.05) is 36.4 Å². The lowest BCUT2D eigenvalue weighted by Gasteiger charge is -2.21. The van der Waals surface area contributed by atoms with Crippen LogP contribution in [0, 0.1) is 11.6 Å². The minimum absolute atomic E-state index is 0.292. The second kappa shape index (κ2) is 6.92. The Morgan fingerprint density at radius 3 is 2.12 bits per heavy atom. The largest absolute Gasteiger partial charge is 0.373 e. The van der Waals surface area contributed by atoms with Gasteiger partial charge in [-0.2, -0.15) is 0 Å². The summed E-state index contributed by atoms with van der Waals surface area (Å²) in [7, 11) is 0. The lowest BCUT2D eigenvalue weighted by Crippen LogP contribution is -2.14. The molecule has 0 saturated heterocycles. The average molecular weight is 346 g/mol. The van der Waals surface area contributed by atoms with Gasteiger partial charge >= 0.3 is 0 Å². The Hall–Kier alpha value is -3.27. The molecule has 1 N–H and O–H groups in total.